The molecule has 28 heavy (non-hydrogen) atoms. The van der Waals surface area contributed by atoms with E-state index in [1.54, 1.807) is 12.0 Å². The van der Waals surface area contributed by atoms with Gasteiger partial charge in [0.2, 0.25) is 0 Å². The van der Waals surface area contributed by atoms with Crippen molar-refractivity contribution >= 4 is 11.8 Å². The second-order valence-electron chi connectivity index (χ2n) is 7.30. The molecule has 0 bridgehead atoms. The van der Waals surface area contributed by atoms with Crippen LogP contribution >= 0.6 is 0 Å². The Morgan fingerprint density at radius 3 is 2.18 bits per heavy atom. The molecule has 2 aromatic carbocycles. The Morgan fingerprint density at radius 1 is 0.964 bits per heavy atom. The summed E-state index contributed by atoms with van der Waals surface area (Å²) in [5.41, 5.74) is 3.20. The second kappa shape index (κ2) is 9.93. The van der Waals surface area contributed by atoms with Crippen LogP contribution in [0.4, 0.5) is 0 Å². The maximum Gasteiger partial charge on any atom is 0.312 e. The predicted octanol–water partition coefficient (Wildman–Crippen LogP) is 3.67. The molecule has 0 fully saturated rings. The van der Waals surface area contributed by atoms with Crippen molar-refractivity contribution in [1.29, 1.82) is 0 Å². The zero-order valence-electron chi connectivity index (χ0n) is 17.4. The standard InChI is InChI=1S/C23H30N2O3/c1-16(2)25(17(3)4)23(27)22(26)24-14-13-20-15-19(11-12-21(20)28-5)18-9-7-6-8-10-18/h6-12,15-17H,13-14H2,1-5H3,(H,24,26). The summed E-state index contributed by atoms with van der Waals surface area (Å²) in [5, 5.41) is 2.75. The van der Waals surface area contributed by atoms with Crippen LogP contribution in [0.25, 0.3) is 11.1 Å². The molecule has 2 amide bonds. The highest BCUT2D eigenvalue weighted by atomic mass is 16.5. The molecule has 0 aliphatic heterocycles. The molecule has 0 radical (unpaired) electrons. The zero-order valence-corrected chi connectivity index (χ0v) is 17.4. The molecule has 0 aromatic heterocycles. The minimum absolute atomic E-state index is 0.0269. The molecule has 0 unspecified atom stereocenters. The van der Waals surface area contributed by atoms with Gasteiger partial charge in [-0.2, -0.15) is 0 Å². The van der Waals surface area contributed by atoms with E-state index in [1.807, 2.05) is 58.0 Å². The lowest BCUT2D eigenvalue weighted by molar-refractivity contribution is -0.148. The molecule has 0 heterocycles. The van der Waals surface area contributed by atoms with Crippen molar-refractivity contribution in [3.63, 3.8) is 0 Å². The first-order valence-corrected chi connectivity index (χ1v) is 9.68. The summed E-state index contributed by atoms with van der Waals surface area (Å²) < 4.78 is 5.45. The normalized spacial score (nSPS) is 10.8. The van der Waals surface area contributed by atoms with Gasteiger partial charge in [0.15, 0.2) is 0 Å². The first-order valence-electron chi connectivity index (χ1n) is 9.68. The first-order chi connectivity index (χ1) is 13.3. The number of amides is 2. The lowest BCUT2D eigenvalue weighted by atomic mass is 10.0. The van der Waals surface area contributed by atoms with Crippen molar-refractivity contribution in [3.05, 3.63) is 54.1 Å². The molecular formula is C23H30N2O3. The van der Waals surface area contributed by atoms with Gasteiger partial charge < -0.3 is 15.0 Å². The monoisotopic (exact) mass is 382 g/mol. The van der Waals surface area contributed by atoms with Crippen LogP contribution in [0.2, 0.25) is 0 Å². The predicted molar refractivity (Wildman–Crippen MR) is 112 cm³/mol. The number of rotatable bonds is 7. The van der Waals surface area contributed by atoms with E-state index in [4.69, 9.17) is 4.74 Å². The minimum Gasteiger partial charge on any atom is -0.496 e. The summed E-state index contributed by atoms with van der Waals surface area (Å²) in [6.07, 6.45) is 0.576. The van der Waals surface area contributed by atoms with Gasteiger partial charge in [-0.15, -0.1) is 0 Å². The summed E-state index contributed by atoms with van der Waals surface area (Å²) in [5.74, 6) is -0.290. The third-order valence-corrected chi connectivity index (χ3v) is 4.61. The van der Waals surface area contributed by atoms with Crippen LogP contribution < -0.4 is 10.1 Å². The quantitative estimate of drug-likeness (QED) is 0.744. The number of nitrogens with one attached hydrogen (secondary N) is 1. The molecule has 0 atom stereocenters. The minimum atomic E-state index is -0.569. The van der Waals surface area contributed by atoms with Crippen molar-refractivity contribution in [2.75, 3.05) is 13.7 Å². The number of carbonyl (C=O) groups is 2. The van der Waals surface area contributed by atoms with Crippen LogP contribution in [0.15, 0.2) is 48.5 Å². The lowest BCUT2D eigenvalue weighted by Crippen LogP contribution is -2.49. The van der Waals surface area contributed by atoms with Gasteiger partial charge in [0, 0.05) is 18.6 Å². The maximum absolute atomic E-state index is 12.4. The molecule has 0 aliphatic rings. The number of hydrogen-bond donors (Lipinski definition) is 1. The van der Waals surface area contributed by atoms with Gasteiger partial charge in [-0.05, 0) is 62.9 Å². The molecular weight excluding hydrogens is 352 g/mol. The van der Waals surface area contributed by atoms with E-state index in [0.29, 0.717) is 13.0 Å². The van der Waals surface area contributed by atoms with Crippen LogP contribution in [0, 0.1) is 0 Å². The van der Waals surface area contributed by atoms with Gasteiger partial charge in [-0.3, -0.25) is 9.59 Å². The average Bonchev–Trinajstić information content (AvgIpc) is 2.67. The van der Waals surface area contributed by atoms with Crippen molar-refractivity contribution in [2.45, 2.75) is 46.2 Å². The Morgan fingerprint density at radius 2 is 1.61 bits per heavy atom. The topological polar surface area (TPSA) is 58.6 Å². The Hall–Kier alpha value is -2.82. The summed E-state index contributed by atoms with van der Waals surface area (Å²) in [4.78, 5) is 26.3. The third kappa shape index (κ3) is 5.35. The van der Waals surface area contributed by atoms with Gasteiger partial charge in [0.1, 0.15) is 5.75 Å². The highest BCUT2D eigenvalue weighted by Gasteiger charge is 2.26. The molecule has 2 rings (SSSR count). The Bertz CT molecular complexity index is 793. The van der Waals surface area contributed by atoms with Crippen LogP contribution in [0.5, 0.6) is 5.75 Å². The van der Waals surface area contributed by atoms with E-state index in [1.165, 1.54) is 0 Å². The van der Waals surface area contributed by atoms with E-state index >= 15 is 0 Å². The molecule has 0 saturated heterocycles. The van der Waals surface area contributed by atoms with E-state index in [-0.39, 0.29) is 12.1 Å². The fourth-order valence-corrected chi connectivity index (χ4v) is 3.35. The van der Waals surface area contributed by atoms with Gasteiger partial charge in [0.05, 0.1) is 7.11 Å². The smallest absolute Gasteiger partial charge is 0.312 e. The van der Waals surface area contributed by atoms with Gasteiger partial charge in [0.25, 0.3) is 0 Å². The molecule has 0 aliphatic carbocycles. The number of hydrogen-bond acceptors (Lipinski definition) is 3. The molecule has 0 saturated carbocycles. The Balaban J connectivity index is 2.05. The van der Waals surface area contributed by atoms with Crippen molar-refractivity contribution < 1.29 is 14.3 Å². The molecule has 5 heteroatoms. The van der Waals surface area contributed by atoms with E-state index in [9.17, 15) is 9.59 Å². The number of ether oxygens (including phenoxy) is 1. The van der Waals surface area contributed by atoms with E-state index in [0.717, 1.165) is 22.4 Å². The van der Waals surface area contributed by atoms with Crippen LogP contribution in [-0.4, -0.2) is 42.5 Å². The first kappa shape index (κ1) is 21.5. The van der Waals surface area contributed by atoms with E-state index < -0.39 is 11.8 Å². The average molecular weight is 383 g/mol. The fraction of sp³-hybridized carbons (Fsp3) is 0.391. The SMILES string of the molecule is COc1ccc(-c2ccccc2)cc1CCNC(=O)C(=O)N(C(C)C)C(C)C. The van der Waals surface area contributed by atoms with Crippen molar-refractivity contribution in [2.24, 2.45) is 0 Å². The highest BCUT2D eigenvalue weighted by Crippen LogP contribution is 2.26. The summed E-state index contributed by atoms with van der Waals surface area (Å²) >= 11 is 0. The van der Waals surface area contributed by atoms with Crippen LogP contribution in [0.3, 0.4) is 0 Å². The molecule has 1 N–H and O–H groups in total. The molecule has 150 valence electrons. The molecule has 2 aromatic rings. The Labute approximate surface area is 167 Å². The van der Waals surface area contributed by atoms with Gasteiger partial charge in [-0.1, -0.05) is 36.4 Å². The summed E-state index contributed by atoms with van der Waals surface area (Å²) in [6.45, 7) is 8.00. The number of nitrogens with zero attached hydrogens (tertiary/aromatic N) is 1. The van der Waals surface area contributed by atoms with Crippen LogP contribution in [-0.2, 0) is 16.0 Å². The zero-order chi connectivity index (χ0) is 20.7. The van der Waals surface area contributed by atoms with E-state index in [2.05, 4.69) is 23.5 Å². The van der Waals surface area contributed by atoms with Crippen molar-refractivity contribution in [1.82, 2.24) is 10.2 Å². The van der Waals surface area contributed by atoms with Gasteiger partial charge >= 0.3 is 11.8 Å². The van der Waals surface area contributed by atoms with Crippen molar-refractivity contribution in [3.8, 4) is 16.9 Å². The Kier molecular flexibility index (Phi) is 7.61. The number of carbonyl (C=O) groups excluding carboxylic acids is 2. The largest absolute Gasteiger partial charge is 0.496 e. The van der Waals surface area contributed by atoms with Gasteiger partial charge in [-0.25, -0.2) is 0 Å². The molecule has 5 nitrogen and oxygen atoms in total. The number of methoxy groups -OCH3 is 1. The summed E-state index contributed by atoms with van der Waals surface area (Å²) in [6, 6.07) is 16.1. The highest BCUT2D eigenvalue weighted by molar-refractivity contribution is 6.35. The van der Waals surface area contributed by atoms with Crippen LogP contribution in [0.1, 0.15) is 33.3 Å². The lowest BCUT2D eigenvalue weighted by Gasteiger charge is -2.30. The second-order valence-corrected chi connectivity index (χ2v) is 7.30. The summed E-state index contributed by atoms with van der Waals surface area (Å²) in [7, 11) is 1.63. The number of benzene rings is 2. The fourth-order valence-electron chi connectivity index (χ4n) is 3.35. The molecule has 0 spiro atoms. The maximum atomic E-state index is 12.4. The third-order valence-electron chi connectivity index (χ3n) is 4.61.